The summed E-state index contributed by atoms with van der Waals surface area (Å²) in [7, 11) is 0. The number of carbonyl (C=O) groups is 1. The number of carboxylic acid groups (broad SMARTS) is 1. The van der Waals surface area contributed by atoms with E-state index in [1.54, 1.807) is 12.5 Å². The van der Waals surface area contributed by atoms with Crippen LogP contribution in [0.15, 0.2) is 12.5 Å². The number of hydrogen-bond donors (Lipinski definition) is 2. The molecule has 0 saturated heterocycles. The number of aromatic nitrogens is 2. The number of alkyl halides is 1. The molecule has 0 aliphatic heterocycles. The summed E-state index contributed by atoms with van der Waals surface area (Å²) in [5, 5.41) is 12.1. The van der Waals surface area contributed by atoms with Crippen LogP contribution in [-0.4, -0.2) is 32.8 Å². The fraction of sp³-hybridized carbons (Fsp3) is 0.733. The van der Waals surface area contributed by atoms with Crippen LogP contribution in [0.3, 0.4) is 0 Å². The topological polar surface area (TPSA) is 67.2 Å². The molecule has 0 unspecified atom stereocenters. The molecule has 2 rings (SSSR count). The van der Waals surface area contributed by atoms with Gasteiger partial charge in [-0.3, -0.25) is 4.79 Å². The van der Waals surface area contributed by atoms with Gasteiger partial charge >= 0.3 is 5.97 Å². The minimum Gasteiger partial charge on any atom is -0.481 e. The van der Waals surface area contributed by atoms with Crippen LogP contribution in [0.2, 0.25) is 0 Å². The highest BCUT2D eigenvalue weighted by atomic mass is 19.1. The fourth-order valence-electron chi connectivity index (χ4n) is 2.91. The van der Waals surface area contributed by atoms with Crippen molar-refractivity contribution in [2.24, 2.45) is 5.92 Å². The first-order valence-corrected chi connectivity index (χ1v) is 7.54. The summed E-state index contributed by atoms with van der Waals surface area (Å²) in [6.07, 6.45) is 5.07. The van der Waals surface area contributed by atoms with Crippen LogP contribution in [-0.2, 0) is 11.3 Å². The van der Waals surface area contributed by atoms with Gasteiger partial charge in [-0.1, -0.05) is 0 Å². The zero-order chi connectivity index (χ0) is 15.5. The summed E-state index contributed by atoms with van der Waals surface area (Å²) < 4.78 is 16.7. The molecule has 0 amide bonds. The Morgan fingerprint density at radius 2 is 2.24 bits per heavy atom. The predicted molar refractivity (Wildman–Crippen MR) is 77.8 cm³/mol. The van der Waals surface area contributed by atoms with Crippen molar-refractivity contribution in [3.05, 3.63) is 18.2 Å². The van der Waals surface area contributed by atoms with Crippen molar-refractivity contribution >= 4 is 5.97 Å². The monoisotopic (exact) mass is 297 g/mol. The van der Waals surface area contributed by atoms with Gasteiger partial charge < -0.3 is 15.0 Å². The van der Waals surface area contributed by atoms with Crippen LogP contribution >= 0.6 is 0 Å². The highest BCUT2D eigenvalue weighted by molar-refractivity contribution is 5.70. The summed E-state index contributed by atoms with van der Waals surface area (Å²) in [4.78, 5) is 15.0. The van der Waals surface area contributed by atoms with E-state index in [9.17, 15) is 9.18 Å². The summed E-state index contributed by atoms with van der Waals surface area (Å²) in [6.45, 7) is 5.00. The van der Waals surface area contributed by atoms with Gasteiger partial charge in [0.05, 0.1) is 17.9 Å². The van der Waals surface area contributed by atoms with Crippen molar-refractivity contribution < 1.29 is 14.3 Å². The Morgan fingerprint density at radius 3 is 2.81 bits per heavy atom. The van der Waals surface area contributed by atoms with Gasteiger partial charge in [-0.2, -0.15) is 0 Å². The number of nitrogens with one attached hydrogen (secondary N) is 1. The summed E-state index contributed by atoms with van der Waals surface area (Å²) in [5.74, 6) is -1.18. The van der Waals surface area contributed by atoms with Gasteiger partial charge in [-0.25, -0.2) is 9.37 Å². The number of carboxylic acids is 1. The fourth-order valence-corrected chi connectivity index (χ4v) is 2.91. The quantitative estimate of drug-likeness (QED) is 0.846. The molecule has 0 radical (unpaired) electrons. The van der Waals surface area contributed by atoms with Gasteiger partial charge in [-0.05, 0) is 39.5 Å². The number of aliphatic carboxylic acids is 1. The average Bonchev–Trinajstić information content (AvgIpc) is 2.87. The lowest BCUT2D eigenvalue weighted by Gasteiger charge is -2.32. The van der Waals surface area contributed by atoms with E-state index in [4.69, 9.17) is 5.11 Å². The molecule has 1 heterocycles. The molecule has 118 valence electrons. The number of hydrogen-bond acceptors (Lipinski definition) is 3. The Labute approximate surface area is 124 Å². The minimum atomic E-state index is -1.28. The molecule has 21 heavy (non-hydrogen) atoms. The lowest BCUT2D eigenvalue weighted by atomic mass is 9.80. The van der Waals surface area contributed by atoms with E-state index < -0.39 is 11.6 Å². The molecule has 0 atom stereocenters. The highest BCUT2D eigenvalue weighted by Gasteiger charge is 2.37. The van der Waals surface area contributed by atoms with E-state index in [0.29, 0.717) is 38.3 Å². The second-order valence-corrected chi connectivity index (χ2v) is 6.25. The molecule has 0 bridgehead atoms. The smallest absolute Gasteiger partial charge is 0.306 e. The lowest BCUT2D eigenvalue weighted by molar-refractivity contribution is -0.143. The van der Waals surface area contributed by atoms with E-state index in [1.807, 2.05) is 0 Å². The molecule has 0 aromatic carbocycles. The Balaban J connectivity index is 1.81. The van der Waals surface area contributed by atoms with Gasteiger partial charge in [0, 0.05) is 25.3 Å². The normalized spacial score (nSPS) is 26.2. The zero-order valence-corrected chi connectivity index (χ0v) is 12.7. The van der Waals surface area contributed by atoms with Crippen molar-refractivity contribution in [2.75, 3.05) is 6.54 Å². The first-order valence-electron chi connectivity index (χ1n) is 7.54. The molecule has 1 aromatic rings. The second-order valence-electron chi connectivity index (χ2n) is 6.25. The first kappa shape index (κ1) is 15.9. The summed E-state index contributed by atoms with van der Waals surface area (Å²) >= 11 is 0. The maximum Gasteiger partial charge on any atom is 0.306 e. The van der Waals surface area contributed by atoms with Gasteiger partial charge in [0.15, 0.2) is 0 Å². The summed E-state index contributed by atoms with van der Waals surface area (Å²) in [6, 6.07) is 0.328. The Hall–Kier alpha value is -1.43. The van der Waals surface area contributed by atoms with Crippen molar-refractivity contribution in [1.82, 2.24) is 14.9 Å². The molecule has 1 aliphatic carbocycles. The maximum absolute atomic E-state index is 14.6. The first-order chi connectivity index (χ1) is 9.91. The average molecular weight is 297 g/mol. The third kappa shape index (κ3) is 4.03. The molecular formula is C15H24FN3O2. The third-order valence-electron chi connectivity index (χ3n) is 4.28. The van der Waals surface area contributed by atoms with Gasteiger partial charge in [0.25, 0.3) is 0 Å². The zero-order valence-electron chi connectivity index (χ0n) is 12.7. The van der Waals surface area contributed by atoms with Crippen LogP contribution in [0.5, 0.6) is 0 Å². The summed E-state index contributed by atoms with van der Waals surface area (Å²) in [5.41, 5.74) is -0.248. The second kappa shape index (κ2) is 6.56. The predicted octanol–water partition coefficient (Wildman–Crippen LogP) is 2.54. The molecule has 1 aliphatic rings. The standard InChI is InChI=1S/C15H24FN3O2/c1-11(2)19-10-18-8-13(19)7-17-9-15(16)5-3-12(4-6-15)14(20)21/h8,10-12,17H,3-7,9H2,1-2H3,(H,20,21). The Kier molecular flexibility index (Phi) is 4.98. The van der Waals surface area contributed by atoms with E-state index in [1.165, 1.54) is 0 Å². The van der Waals surface area contributed by atoms with Crippen LogP contribution in [0.1, 0.15) is 51.3 Å². The molecule has 5 nitrogen and oxygen atoms in total. The molecule has 1 fully saturated rings. The largest absolute Gasteiger partial charge is 0.481 e. The van der Waals surface area contributed by atoms with Gasteiger partial charge in [-0.15, -0.1) is 0 Å². The van der Waals surface area contributed by atoms with Crippen molar-refractivity contribution in [2.45, 2.75) is 57.8 Å². The van der Waals surface area contributed by atoms with Gasteiger partial charge in [0.2, 0.25) is 0 Å². The minimum absolute atomic E-state index is 0.266. The van der Waals surface area contributed by atoms with E-state index in [2.05, 4.69) is 28.7 Å². The third-order valence-corrected chi connectivity index (χ3v) is 4.28. The van der Waals surface area contributed by atoms with E-state index in [0.717, 1.165) is 5.69 Å². The molecule has 1 aromatic heterocycles. The van der Waals surface area contributed by atoms with Crippen molar-refractivity contribution in [1.29, 1.82) is 0 Å². The van der Waals surface area contributed by atoms with Crippen molar-refractivity contribution in [3.8, 4) is 0 Å². The number of nitrogens with zero attached hydrogens (tertiary/aromatic N) is 2. The SMILES string of the molecule is CC(C)n1cncc1CNCC1(F)CCC(C(=O)O)CC1. The Morgan fingerprint density at radius 1 is 1.57 bits per heavy atom. The van der Waals surface area contributed by atoms with Crippen LogP contribution in [0.25, 0.3) is 0 Å². The molecule has 6 heteroatoms. The number of imidazole rings is 1. The Bertz CT molecular complexity index is 479. The van der Waals surface area contributed by atoms with E-state index in [-0.39, 0.29) is 12.5 Å². The van der Waals surface area contributed by atoms with Crippen LogP contribution in [0.4, 0.5) is 4.39 Å². The van der Waals surface area contributed by atoms with Crippen LogP contribution < -0.4 is 5.32 Å². The number of rotatable bonds is 6. The van der Waals surface area contributed by atoms with Gasteiger partial charge in [0.1, 0.15) is 5.67 Å². The highest BCUT2D eigenvalue weighted by Crippen LogP contribution is 2.34. The molecule has 1 saturated carbocycles. The molecule has 0 spiro atoms. The van der Waals surface area contributed by atoms with Crippen molar-refractivity contribution in [3.63, 3.8) is 0 Å². The van der Waals surface area contributed by atoms with E-state index >= 15 is 0 Å². The van der Waals surface area contributed by atoms with Crippen LogP contribution in [0, 0.1) is 5.92 Å². The lowest BCUT2D eigenvalue weighted by Crippen LogP contribution is -2.41. The maximum atomic E-state index is 14.6. The molecule has 2 N–H and O–H groups in total. The number of halogens is 1. The molecular weight excluding hydrogens is 273 g/mol.